The summed E-state index contributed by atoms with van der Waals surface area (Å²) in [6.45, 7) is -0.694. The number of hydrogen-bond donors (Lipinski definition) is 0. The minimum atomic E-state index is -4.29. The van der Waals surface area contributed by atoms with Crippen LogP contribution < -0.4 is 4.90 Å². The number of amides is 1. The van der Waals surface area contributed by atoms with E-state index in [0.29, 0.717) is 19.4 Å². The highest BCUT2D eigenvalue weighted by molar-refractivity contribution is 5.93. The summed E-state index contributed by atoms with van der Waals surface area (Å²) in [5, 5.41) is 0. The van der Waals surface area contributed by atoms with Crippen LogP contribution in [0.3, 0.4) is 0 Å². The number of aromatic nitrogens is 1. The lowest BCUT2D eigenvalue weighted by molar-refractivity contribution is -0.151. The van der Waals surface area contributed by atoms with Gasteiger partial charge in [-0.15, -0.1) is 0 Å². The van der Waals surface area contributed by atoms with Crippen LogP contribution in [0.2, 0.25) is 0 Å². The van der Waals surface area contributed by atoms with E-state index in [9.17, 15) is 22.4 Å². The van der Waals surface area contributed by atoms with Gasteiger partial charge >= 0.3 is 6.18 Å². The van der Waals surface area contributed by atoms with Crippen LogP contribution in [0.5, 0.6) is 0 Å². The van der Waals surface area contributed by atoms with Gasteiger partial charge in [0, 0.05) is 19.8 Å². The molecule has 0 aromatic carbocycles. The van der Waals surface area contributed by atoms with E-state index < -0.39 is 30.4 Å². The summed E-state index contributed by atoms with van der Waals surface area (Å²) < 4.78 is 51.0. The fourth-order valence-corrected chi connectivity index (χ4v) is 2.66. The molecule has 122 valence electrons. The molecule has 0 bridgehead atoms. The van der Waals surface area contributed by atoms with E-state index in [2.05, 4.69) is 4.98 Å². The maximum atomic E-state index is 13.7. The predicted octanol–water partition coefficient (Wildman–Crippen LogP) is 2.46. The average molecular weight is 319 g/mol. The Morgan fingerprint density at radius 1 is 1.50 bits per heavy atom. The highest BCUT2D eigenvalue weighted by Gasteiger charge is 2.35. The normalized spacial score (nSPS) is 20.0. The van der Waals surface area contributed by atoms with Gasteiger partial charge < -0.3 is 0 Å². The van der Waals surface area contributed by atoms with Gasteiger partial charge in [-0.05, 0) is 31.5 Å². The van der Waals surface area contributed by atoms with E-state index in [1.165, 1.54) is 30.3 Å². The summed E-state index contributed by atoms with van der Waals surface area (Å²) in [7, 11) is 1.39. The van der Waals surface area contributed by atoms with Gasteiger partial charge in [0.15, 0.2) is 11.6 Å². The summed E-state index contributed by atoms with van der Waals surface area (Å²) in [6, 6.07) is 2.59. The number of hydrogen-bond acceptors (Lipinski definition) is 3. The van der Waals surface area contributed by atoms with Gasteiger partial charge in [-0.1, -0.05) is 0 Å². The molecule has 2 heterocycles. The summed E-state index contributed by atoms with van der Waals surface area (Å²) in [5.41, 5.74) is 0. The lowest BCUT2D eigenvalue weighted by Gasteiger charge is -2.34. The van der Waals surface area contributed by atoms with Crippen molar-refractivity contribution in [1.29, 1.82) is 0 Å². The number of piperidine rings is 1. The van der Waals surface area contributed by atoms with Crippen molar-refractivity contribution >= 4 is 11.7 Å². The molecule has 4 nitrogen and oxygen atoms in total. The largest absolute Gasteiger partial charge is 0.401 e. The van der Waals surface area contributed by atoms with Gasteiger partial charge in [0.05, 0.1) is 12.5 Å². The zero-order chi connectivity index (χ0) is 16.3. The number of halogens is 4. The molecule has 0 aliphatic carbocycles. The molecule has 0 unspecified atom stereocenters. The average Bonchev–Trinajstić information content (AvgIpc) is 2.45. The number of likely N-dealkylation sites (tertiary alicyclic amines) is 1. The van der Waals surface area contributed by atoms with Gasteiger partial charge in [-0.3, -0.25) is 14.6 Å². The first-order valence-corrected chi connectivity index (χ1v) is 6.95. The van der Waals surface area contributed by atoms with Crippen LogP contribution in [0, 0.1) is 11.7 Å². The van der Waals surface area contributed by atoms with E-state index in [0.717, 1.165) is 4.90 Å². The first kappa shape index (κ1) is 16.7. The van der Waals surface area contributed by atoms with Crippen LogP contribution in [0.25, 0.3) is 0 Å². The lowest BCUT2D eigenvalue weighted by atomic mass is 9.96. The zero-order valence-electron chi connectivity index (χ0n) is 12.1. The molecule has 0 N–H and O–H groups in total. The maximum Gasteiger partial charge on any atom is 0.401 e. The van der Waals surface area contributed by atoms with Gasteiger partial charge in [-0.25, -0.2) is 9.37 Å². The van der Waals surface area contributed by atoms with Crippen LogP contribution >= 0.6 is 0 Å². The molecule has 1 fully saturated rings. The molecule has 1 amide bonds. The Balaban J connectivity index is 2.04. The summed E-state index contributed by atoms with van der Waals surface area (Å²) in [4.78, 5) is 18.5. The fourth-order valence-electron chi connectivity index (χ4n) is 2.66. The van der Waals surface area contributed by atoms with Crippen molar-refractivity contribution < 1.29 is 22.4 Å². The summed E-state index contributed by atoms with van der Waals surface area (Å²) in [6.07, 6.45) is -1.93. The minimum absolute atomic E-state index is 0.0249. The molecule has 1 aliphatic heterocycles. The van der Waals surface area contributed by atoms with Crippen LogP contribution in [-0.2, 0) is 4.79 Å². The topological polar surface area (TPSA) is 36.4 Å². The Kier molecular flexibility index (Phi) is 5.00. The second kappa shape index (κ2) is 6.60. The third kappa shape index (κ3) is 4.16. The number of anilines is 1. The molecule has 8 heteroatoms. The first-order chi connectivity index (χ1) is 10.3. The SMILES string of the molecule is CN(C(=O)[C@H]1CCCN(CC(F)(F)F)C1)c1ncccc1F. The Morgan fingerprint density at radius 2 is 2.23 bits per heavy atom. The molecule has 0 saturated carbocycles. The van der Waals surface area contributed by atoms with Crippen molar-refractivity contribution in [1.82, 2.24) is 9.88 Å². The molecule has 1 atom stereocenters. The van der Waals surface area contributed by atoms with E-state index in [4.69, 9.17) is 0 Å². The van der Waals surface area contributed by atoms with Crippen molar-refractivity contribution in [2.45, 2.75) is 19.0 Å². The van der Waals surface area contributed by atoms with Crippen LogP contribution in [0.4, 0.5) is 23.4 Å². The molecule has 2 rings (SSSR count). The Hall–Kier alpha value is -1.70. The number of carbonyl (C=O) groups excluding carboxylic acids is 1. The zero-order valence-corrected chi connectivity index (χ0v) is 12.1. The van der Waals surface area contributed by atoms with Crippen molar-refractivity contribution in [2.75, 3.05) is 31.6 Å². The number of rotatable bonds is 3. The van der Waals surface area contributed by atoms with E-state index in [-0.39, 0.29) is 12.4 Å². The predicted molar refractivity (Wildman–Crippen MR) is 72.8 cm³/mol. The standard InChI is InChI=1S/C14H17F4N3O/c1-20(12-11(15)5-2-6-19-12)13(22)10-4-3-7-21(8-10)9-14(16,17)18/h2,5-6,10H,3-4,7-9H2,1H3/t10-/m0/s1. The third-order valence-corrected chi connectivity index (χ3v) is 3.64. The van der Waals surface area contributed by atoms with Gasteiger partial charge in [0.2, 0.25) is 5.91 Å². The van der Waals surface area contributed by atoms with Crippen molar-refractivity contribution in [3.8, 4) is 0 Å². The fraction of sp³-hybridized carbons (Fsp3) is 0.571. The maximum absolute atomic E-state index is 13.7. The second-order valence-electron chi connectivity index (χ2n) is 5.40. The van der Waals surface area contributed by atoms with E-state index in [1.807, 2.05) is 0 Å². The number of pyridine rings is 1. The van der Waals surface area contributed by atoms with Crippen molar-refractivity contribution in [2.24, 2.45) is 5.92 Å². The highest BCUT2D eigenvalue weighted by atomic mass is 19.4. The molecule has 0 spiro atoms. The third-order valence-electron chi connectivity index (χ3n) is 3.64. The molecule has 22 heavy (non-hydrogen) atoms. The molecule has 1 aromatic heterocycles. The quantitative estimate of drug-likeness (QED) is 0.803. The molecule has 0 radical (unpaired) electrons. The smallest absolute Gasteiger partial charge is 0.297 e. The number of alkyl halides is 3. The Morgan fingerprint density at radius 3 is 2.86 bits per heavy atom. The molecule has 1 aromatic rings. The molecular weight excluding hydrogens is 302 g/mol. The van der Waals surface area contributed by atoms with Crippen LogP contribution in [0.15, 0.2) is 18.3 Å². The van der Waals surface area contributed by atoms with Gasteiger partial charge in [0.25, 0.3) is 0 Å². The highest BCUT2D eigenvalue weighted by Crippen LogP contribution is 2.25. The van der Waals surface area contributed by atoms with Crippen LogP contribution in [0.1, 0.15) is 12.8 Å². The van der Waals surface area contributed by atoms with E-state index >= 15 is 0 Å². The Labute approximate surface area is 125 Å². The van der Waals surface area contributed by atoms with Crippen LogP contribution in [-0.4, -0.2) is 48.6 Å². The molecule has 1 aliphatic rings. The molecular formula is C14H17F4N3O. The van der Waals surface area contributed by atoms with Crippen molar-refractivity contribution in [3.63, 3.8) is 0 Å². The summed E-state index contributed by atoms with van der Waals surface area (Å²) >= 11 is 0. The first-order valence-electron chi connectivity index (χ1n) is 6.95. The monoisotopic (exact) mass is 319 g/mol. The second-order valence-corrected chi connectivity index (χ2v) is 5.40. The van der Waals surface area contributed by atoms with Gasteiger partial charge in [0.1, 0.15) is 0 Å². The Bertz CT molecular complexity index is 535. The molecule has 1 saturated heterocycles. The van der Waals surface area contributed by atoms with Gasteiger partial charge in [-0.2, -0.15) is 13.2 Å². The number of carbonyl (C=O) groups is 1. The number of nitrogens with zero attached hydrogens (tertiary/aromatic N) is 3. The van der Waals surface area contributed by atoms with Crippen molar-refractivity contribution in [3.05, 3.63) is 24.1 Å². The van der Waals surface area contributed by atoms with E-state index in [1.54, 1.807) is 0 Å². The minimum Gasteiger partial charge on any atom is -0.297 e. The lowest BCUT2D eigenvalue weighted by Crippen LogP contribution is -2.46. The summed E-state index contributed by atoms with van der Waals surface area (Å²) in [5.74, 6) is -1.74.